The average Bonchev–Trinajstić information content (AvgIpc) is 3.19. The summed E-state index contributed by atoms with van der Waals surface area (Å²) in [5.41, 5.74) is 2.84. The minimum Gasteiger partial charge on any atom is -0.345 e. The maximum Gasteiger partial charge on any atom is 0.408 e. The topological polar surface area (TPSA) is 83.8 Å². The van der Waals surface area contributed by atoms with Crippen molar-refractivity contribution in [2.45, 2.75) is 19.1 Å². The summed E-state index contributed by atoms with van der Waals surface area (Å²) in [6, 6.07) is 1.98. The number of nitrogens with zero attached hydrogens (tertiary/aromatic N) is 5. The Balaban J connectivity index is 1.70. The normalized spacial score (nSPS) is 13.4. The van der Waals surface area contributed by atoms with Gasteiger partial charge in [0.1, 0.15) is 18.0 Å². The van der Waals surface area contributed by atoms with Gasteiger partial charge in [0.15, 0.2) is 5.65 Å². The first-order valence-corrected chi connectivity index (χ1v) is 7.39. The van der Waals surface area contributed by atoms with Gasteiger partial charge in [-0.2, -0.15) is 23.3 Å². The Hall–Kier alpha value is -3.17. The summed E-state index contributed by atoms with van der Waals surface area (Å²) in [4.78, 5) is 15.2. The van der Waals surface area contributed by atoms with Crippen molar-refractivity contribution in [1.29, 1.82) is 0 Å². The Kier molecular flexibility index (Phi) is 3.34. The van der Waals surface area contributed by atoms with Crippen molar-refractivity contribution in [1.82, 2.24) is 29.5 Å². The smallest absolute Gasteiger partial charge is 0.345 e. The van der Waals surface area contributed by atoms with Gasteiger partial charge in [0, 0.05) is 29.5 Å². The van der Waals surface area contributed by atoms with Crippen LogP contribution in [-0.4, -0.2) is 41.8 Å². The number of anilines is 1. The number of aromatic nitrogens is 6. The molecule has 0 unspecified atom stereocenters. The SMILES string of the molecule is C[C@@H](Nc1ncc2c(-c3ccn4ncnc4c3)c[nH]c2n1)C(F)(F)F. The summed E-state index contributed by atoms with van der Waals surface area (Å²) < 4.78 is 39.5. The summed E-state index contributed by atoms with van der Waals surface area (Å²) in [5, 5.41) is 6.99. The highest BCUT2D eigenvalue weighted by Crippen LogP contribution is 2.29. The van der Waals surface area contributed by atoms with Crippen molar-refractivity contribution in [3.05, 3.63) is 37.1 Å². The Labute approximate surface area is 138 Å². The van der Waals surface area contributed by atoms with Gasteiger partial charge in [-0.3, -0.25) is 0 Å². The molecule has 2 N–H and O–H groups in total. The lowest BCUT2D eigenvalue weighted by Crippen LogP contribution is -2.33. The lowest BCUT2D eigenvalue weighted by molar-refractivity contribution is -0.138. The van der Waals surface area contributed by atoms with E-state index in [9.17, 15) is 13.2 Å². The van der Waals surface area contributed by atoms with Crippen molar-refractivity contribution in [2.24, 2.45) is 0 Å². The average molecular weight is 347 g/mol. The van der Waals surface area contributed by atoms with E-state index in [1.807, 2.05) is 12.1 Å². The fourth-order valence-corrected chi connectivity index (χ4v) is 2.47. The molecule has 0 fully saturated rings. The number of fused-ring (bicyclic) bond motifs is 2. The molecule has 4 aromatic rings. The van der Waals surface area contributed by atoms with Crippen LogP contribution in [0.5, 0.6) is 0 Å². The van der Waals surface area contributed by atoms with Crippen LogP contribution < -0.4 is 5.32 Å². The van der Waals surface area contributed by atoms with Crippen LogP contribution in [0.15, 0.2) is 37.1 Å². The first-order chi connectivity index (χ1) is 11.9. The van der Waals surface area contributed by atoms with Gasteiger partial charge in [0.2, 0.25) is 5.95 Å². The lowest BCUT2D eigenvalue weighted by Gasteiger charge is -2.16. The number of alkyl halides is 3. The van der Waals surface area contributed by atoms with Crippen LogP contribution in [-0.2, 0) is 0 Å². The molecule has 0 aliphatic rings. The van der Waals surface area contributed by atoms with E-state index in [0.29, 0.717) is 16.7 Å². The van der Waals surface area contributed by atoms with E-state index in [1.54, 1.807) is 16.9 Å². The van der Waals surface area contributed by atoms with E-state index < -0.39 is 12.2 Å². The first-order valence-electron chi connectivity index (χ1n) is 7.39. The van der Waals surface area contributed by atoms with Crippen molar-refractivity contribution >= 4 is 22.6 Å². The van der Waals surface area contributed by atoms with Crippen LogP contribution >= 0.6 is 0 Å². The standard InChI is InChI=1S/C15H12F3N7/c1-8(15(16,17)18)23-14-20-6-11-10(5-19-13(11)24-14)9-2-3-25-12(4-9)21-7-22-25/h2-8H,1H3,(H2,19,20,23,24)/t8-/m1/s1. The predicted octanol–water partition coefficient (Wildman–Crippen LogP) is 3.03. The Morgan fingerprint density at radius 3 is 2.92 bits per heavy atom. The van der Waals surface area contributed by atoms with Crippen LogP contribution in [0, 0.1) is 0 Å². The van der Waals surface area contributed by atoms with Crippen molar-refractivity contribution < 1.29 is 13.2 Å². The number of nitrogens with one attached hydrogen (secondary N) is 2. The fraction of sp³-hybridized carbons (Fsp3) is 0.200. The van der Waals surface area contributed by atoms with Crippen molar-refractivity contribution in [2.75, 3.05) is 5.32 Å². The Bertz CT molecular complexity index is 1050. The van der Waals surface area contributed by atoms with Crippen LogP contribution in [0.4, 0.5) is 19.1 Å². The van der Waals surface area contributed by atoms with Crippen LogP contribution in [0.3, 0.4) is 0 Å². The minimum absolute atomic E-state index is 0.0846. The van der Waals surface area contributed by atoms with E-state index >= 15 is 0 Å². The molecule has 7 nitrogen and oxygen atoms in total. The lowest BCUT2D eigenvalue weighted by atomic mass is 10.1. The molecule has 0 aromatic carbocycles. The molecule has 4 rings (SSSR count). The van der Waals surface area contributed by atoms with E-state index in [1.165, 1.54) is 12.5 Å². The summed E-state index contributed by atoms with van der Waals surface area (Å²) in [6.07, 6.45) is 2.09. The zero-order chi connectivity index (χ0) is 17.6. The van der Waals surface area contributed by atoms with Crippen molar-refractivity contribution in [3.8, 4) is 11.1 Å². The number of hydrogen-bond donors (Lipinski definition) is 2. The third kappa shape index (κ3) is 2.75. The number of rotatable bonds is 3. The highest BCUT2D eigenvalue weighted by molar-refractivity contribution is 5.93. The zero-order valence-corrected chi connectivity index (χ0v) is 12.9. The second kappa shape index (κ2) is 5.43. The largest absolute Gasteiger partial charge is 0.408 e. The number of aromatic amines is 1. The molecule has 0 aliphatic carbocycles. The highest BCUT2D eigenvalue weighted by Gasteiger charge is 2.36. The molecule has 0 saturated carbocycles. The predicted molar refractivity (Wildman–Crippen MR) is 85.0 cm³/mol. The van der Waals surface area contributed by atoms with E-state index in [4.69, 9.17) is 0 Å². The molecule has 0 spiro atoms. The van der Waals surface area contributed by atoms with E-state index in [0.717, 1.165) is 18.1 Å². The quantitative estimate of drug-likeness (QED) is 0.595. The van der Waals surface area contributed by atoms with Crippen molar-refractivity contribution in [3.63, 3.8) is 0 Å². The monoisotopic (exact) mass is 347 g/mol. The second-order valence-corrected chi connectivity index (χ2v) is 5.54. The molecule has 0 bridgehead atoms. The molecule has 1 atom stereocenters. The molecule has 25 heavy (non-hydrogen) atoms. The minimum atomic E-state index is -4.37. The Morgan fingerprint density at radius 1 is 1.28 bits per heavy atom. The van der Waals surface area contributed by atoms with E-state index in [-0.39, 0.29) is 5.95 Å². The summed E-state index contributed by atoms with van der Waals surface area (Å²) in [6.45, 7) is 1.02. The molecule has 128 valence electrons. The molecule has 4 heterocycles. The highest BCUT2D eigenvalue weighted by atomic mass is 19.4. The molecule has 0 aliphatic heterocycles. The molecular weight excluding hydrogens is 335 g/mol. The van der Waals surface area contributed by atoms with Gasteiger partial charge >= 0.3 is 6.18 Å². The second-order valence-electron chi connectivity index (χ2n) is 5.54. The van der Waals surface area contributed by atoms with Gasteiger partial charge in [-0.25, -0.2) is 14.5 Å². The summed E-state index contributed by atoms with van der Waals surface area (Å²) in [7, 11) is 0. The summed E-state index contributed by atoms with van der Waals surface area (Å²) in [5.74, 6) is -0.0846. The maximum absolute atomic E-state index is 12.6. The zero-order valence-electron chi connectivity index (χ0n) is 12.9. The van der Waals surface area contributed by atoms with Gasteiger partial charge in [-0.05, 0) is 24.6 Å². The molecule has 0 radical (unpaired) electrons. The van der Waals surface area contributed by atoms with Gasteiger partial charge < -0.3 is 10.3 Å². The van der Waals surface area contributed by atoms with Gasteiger partial charge in [0.05, 0.1) is 0 Å². The molecule has 10 heteroatoms. The van der Waals surface area contributed by atoms with E-state index in [2.05, 4.69) is 30.4 Å². The third-order valence-corrected chi connectivity index (χ3v) is 3.86. The number of halogens is 3. The van der Waals surface area contributed by atoms with Gasteiger partial charge in [0.25, 0.3) is 0 Å². The molecule has 4 aromatic heterocycles. The third-order valence-electron chi connectivity index (χ3n) is 3.86. The molecule has 0 saturated heterocycles. The first kappa shape index (κ1) is 15.4. The van der Waals surface area contributed by atoms with Gasteiger partial charge in [-0.1, -0.05) is 0 Å². The maximum atomic E-state index is 12.6. The number of hydrogen-bond acceptors (Lipinski definition) is 5. The van der Waals surface area contributed by atoms with Gasteiger partial charge in [-0.15, -0.1) is 0 Å². The number of H-pyrrole nitrogens is 1. The molecular formula is C15H12F3N7. The van der Waals surface area contributed by atoms with Crippen LogP contribution in [0.2, 0.25) is 0 Å². The Morgan fingerprint density at radius 2 is 2.12 bits per heavy atom. The fourth-order valence-electron chi connectivity index (χ4n) is 2.47. The summed E-state index contributed by atoms with van der Waals surface area (Å²) >= 11 is 0. The number of pyridine rings is 1. The van der Waals surface area contributed by atoms with Crippen LogP contribution in [0.25, 0.3) is 27.8 Å². The molecule has 0 amide bonds. The van der Waals surface area contributed by atoms with Crippen LogP contribution in [0.1, 0.15) is 6.92 Å².